The van der Waals surface area contributed by atoms with E-state index >= 15 is 0 Å². The molecule has 0 aromatic heterocycles. The van der Waals surface area contributed by atoms with Gasteiger partial charge in [-0.15, -0.1) is 0 Å². The van der Waals surface area contributed by atoms with Crippen molar-refractivity contribution in [3.63, 3.8) is 0 Å². The third-order valence-electron chi connectivity index (χ3n) is 4.29. The highest BCUT2D eigenvalue weighted by molar-refractivity contribution is 5.43. The molecule has 1 N–H and O–H groups in total. The van der Waals surface area contributed by atoms with Crippen LogP contribution in [0, 0.1) is 0 Å². The summed E-state index contributed by atoms with van der Waals surface area (Å²) in [5, 5.41) is 3.54. The quantitative estimate of drug-likeness (QED) is 0.914. The molecule has 118 valence electrons. The van der Waals surface area contributed by atoms with E-state index in [-0.39, 0.29) is 6.17 Å². The maximum atomic E-state index is 4.11. The second-order valence-corrected chi connectivity index (χ2v) is 6.01. The van der Waals surface area contributed by atoms with Gasteiger partial charge < -0.3 is 15.1 Å². The Morgan fingerprint density at radius 1 is 1.22 bits per heavy atom. The first-order valence-electron chi connectivity index (χ1n) is 7.81. The molecule has 3 rings (SSSR count). The lowest BCUT2D eigenvalue weighted by Crippen LogP contribution is -2.38. The Morgan fingerprint density at radius 3 is 2.61 bits per heavy atom. The number of nitrogens with zero attached hydrogens (tertiary/aromatic N) is 2. The lowest BCUT2D eigenvalue weighted by molar-refractivity contribution is 0.305. The van der Waals surface area contributed by atoms with Gasteiger partial charge in [0.15, 0.2) is 0 Å². The van der Waals surface area contributed by atoms with Crippen molar-refractivity contribution < 1.29 is 0 Å². The Balaban J connectivity index is 1.87. The molecule has 23 heavy (non-hydrogen) atoms. The van der Waals surface area contributed by atoms with Gasteiger partial charge in [-0.1, -0.05) is 43.5 Å². The van der Waals surface area contributed by atoms with Gasteiger partial charge in [-0.25, -0.2) is 0 Å². The van der Waals surface area contributed by atoms with Crippen molar-refractivity contribution in [3.8, 4) is 0 Å². The fraction of sp³-hybridized carbons (Fsp3) is 0.200. The average molecular weight is 305 g/mol. The molecule has 1 aromatic rings. The highest BCUT2D eigenvalue weighted by Crippen LogP contribution is 2.28. The van der Waals surface area contributed by atoms with Crippen LogP contribution < -0.4 is 5.32 Å². The van der Waals surface area contributed by atoms with Crippen molar-refractivity contribution in [1.82, 2.24) is 15.1 Å². The molecule has 2 aliphatic rings. The highest BCUT2D eigenvalue weighted by Gasteiger charge is 2.27. The average Bonchev–Trinajstić information content (AvgIpc) is 2.96. The Labute approximate surface area is 138 Å². The summed E-state index contributed by atoms with van der Waals surface area (Å²) >= 11 is 0. The maximum absolute atomic E-state index is 4.11. The van der Waals surface area contributed by atoms with Crippen molar-refractivity contribution in [3.05, 3.63) is 96.1 Å². The van der Waals surface area contributed by atoms with Crippen LogP contribution in [-0.2, 0) is 6.54 Å². The zero-order valence-electron chi connectivity index (χ0n) is 13.8. The molecule has 1 atom stereocenters. The molecule has 3 heteroatoms. The van der Waals surface area contributed by atoms with Gasteiger partial charge in [0.2, 0.25) is 0 Å². The lowest BCUT2D eigenvalue weighted by atomic mass is 10.0. The fourth-order valence-corrected chi connectivity index (χ4v) is 2.95. The second kappa shape index (κ2) is 6.21. The SMILES string of the molecule is C=CC1=CN(Cc2ccccc2)C(C2=CN(C)C(=C)C(C)=C2)N1. The van der Waals surface area contributed by atoms with E-state index in [0.717, 1.165) is 17.9 Å². The van der Waals surface area contributed by atoms with Crippen LogP contribution in [0.5, 0.6) is 0 Å². The molecular weight excluding hydrogens is 282 g/mol. The normalized spacial score (nSPS) is 20.7. The molecule has 2 heterocycles. The number of rotatable bonds is 4. The van der Waals surface area contributed by atoms with Crippen molar-refractivity contribution in [2.24, 2.45) is 0 Å². The van der Waals surface area contributed by atoms with E-state index in [2.05, 4.69) is 77.9 Å². The standard InChI is InChI=1S/C20H23N3/c1-5-19-14-23(12-17-9-7-6-8-10-17)20(21-19)18-11-15(2)16(3)22(4)13-18/h5-11,13-14,20-21H,1,3,12H2,2,4H3. The molecule has 1 unspecified atom stereocenters. The fourth-order valence-electron chi connectivity index (χ4n) is 2.95. The molecule has 0 saturated carbocycles. The van der Waals surface area contributed by atoms with Gasteiger partial charge in [0.1, 0.15) is 6.17 Å². The van der Waals surface area contributed by atoms with Gasteiger partial charge in [0.05, 0.1) is 5.70 Å². The molecule has 0 fully saturated rings. The molecular formula is C20H23N3. The summed E-state index contributed by atoms with van der Waals surface area (Å²) in [6.07, 6.45) is 8.45. The first-order chi connectivity index (χ1) is 11.1. The summed E-state index contributed by atoms with van der Waals surface area (Å²) in [6, 6.07) is 10.5. The van der Waals surface area contributed by atoms with Crippen molar-refractivity contribution in [2.75, 3.05) is 7.05 Å². The summed E-state index contributed by atoms with van der Waals surface area (Å²) in [5.74, 6) is 0. The number of allylic oxidation sites excluding steroid dienone is 2. The molecule has 0 aliphatic carbocycles. The minimum atomic E-state index is 0.105. The predicted molar refractivity (Wildman–Crippen MR) is 95.9 cm³/mol. The Morgan fingerprint density at radius 2 is 1.96 bits per heavy atom. The molecule has 0 spiro atoms. The lowest BCUT2D eigenvalue weighted by Gasteiger charge is -2.31. The third-order valence-corrected chi connectivity index (χ3v) is 4.29. The first-order valence-corrected chi connectivity index (χ1v) is 7.81. The first kappa shape index (κ1) is 15.2. The number of likely N-dealkylation sites (N-methyl/N-ethyl adjacent to an activating group) is 1. The van der Waals surface area contributed by atoms with E-state index < -0.39 is 0 Å². The summed E-state index contributed by atoms with van der Waals surface area (Å²) in [6.45, 7) is 10.9. The van der Waals surface area contributed by atoms with Crippen LogP contribution in [0.2, 0.25) is 0 Å². The zero-order chi connectivity index (χ0) is 16.4. The minimum Gasteiger partial charge on any atom is -0.360 e. The zero-order valence-corrected chi connectivity index (χ0v) is 13.8. The third kappa shape index (κ3) is 3.09. The number of hydrogen-bond donors (Lipinski definition) is 1. The molecule has 0 bridgehead atoms. The summed E-state index contributed by atoms with van der Waals surface area (Å²) in [5.41, 5.74) is 5.79. The smallest absolute Gasteiger partial charge is 0.127 e. The van der Waals surface area contributed by atoms with Crippen LogP contribution in [0.1, 0.15) is 12.5 Å². The molecule has 3 nitrogen and oxygen atoms in total. The van der Waals surface area contributed by atoms with Crippen molar-refractivity contribution in [2.45, 2.75) is 19.6 Å². The van der Waals surface area contributed by atoms with Gasteiger partial charge in [-0.05, 0) is 30.2 Å². The Hall–Kier alpha value is -2.68. The van der Waals surface area contributed by atoms with Gasteiger partial charge in [-0.2, -0.15) is 0 Å². The van der Waals surface area contributed by atoms with Crippen LogP contribution >= 0.6 is 0 Å². The molecule has 0 radical (unpaired) electrons. The van der Waals surface area contributed by atoms with Crippen molar-refractivity contribution in [1.29, 1.82) is 0 Å². The molecule has 0 saturated heterocycles. The van der Waals surface area contributed by atoms with Crippen LogP contribution in [0.3, 0.4) is 0 Å². The maximum Gasteiger partial charge on any atom is 0.127 e. The van der Waals surface area contributed by atoms with Gasteiger partial charge in [-0.3, -0.25) is 0 Å². The second-order valence-electron chi connectivity index (χ2n) is 6.01. The summed E-state index contributed by atoms with van der Waals surface area (Å²) < 4.78 is 0. The number of nitrogens with one attached hydrogen (secondary N) is 1. The Kier molecular flexibility index (Phi) is 4.11. The molecule has 2 aliphatic heterocycles. The van der Waals surface area contributed by atoms with E-state index in [1.165, 1.54) is 16.7 Å². The van der Waals surface area contributed by atoms with Gasteiger partial charge in [0, 0.05) is 37.3 Å². The summed E-state index contributed by atoms with van der Waals surface area (Å²) in [4.78, 5) is 4.39. The Bertz CT molecular complexity index is 710. The van der Waals surface area contributed by atoms with Gasteiger partial charge in [0.25, 0.3) is 0 Å². The van der Waals surface area contributed by atoms with Crippen LogP contribution in [0.4, 0.5) is 0 Å². The van der Waals surface area contributed by atoms with Crippen LogP contribution in [-0.4, -0.2) is 23.0 Å². The monoisotopic (exact) mass is 305 g/mol. The summed E-state index contributed by atoms with van der Waals surface area (Å²) in [7, 11) is 2.04. The minimum absolute atomic E-state index is 0.105. The molecule has 1 aromatic carbocycles. The van der Waals surface area contributed by atoms with Crippen molar-refractivity contribution >= 4 is 0 Å². The van der Waals surface area contributed by atoms with E-state index in [0.29, 0.717) is 0 Å². The molecule has 0 amide bonds. The predicted octanol–water partition coefficient (Wildman–Crippen LogP) is 3.73. The highest BCUT2D eigenvalue weighted by atomic mass is 15.3. The topological polar surface area (TPSA) is 18.5 Å². The number of benzene rings is 1. The van der Waals surface area contributed by atoms with E-state index in [9.17, 15) is 0 Å². The van der Waals surface area contributed by atoms with E-state index in [4.69, 9.17) is 0 Å². The van der Waals surface area contributed by atoms with E-state index in [1.807, 2.05) is 19.2 Å². The largest absolute Gasteiger partial charge is 0.360 e. The van der Waals surface area contributed by atoms with E-state index in [1.54, 1.807) is 0 Å². The van der Waals surface area contributed by atoms with Crippen LogP contribution in [0.25, 0.3) is 0 Å². The van der Waals surface area contributed by atoms with Crippen LogP contribution in [0.15, 0.2) is 90.6 Å². The number of hydrogen-bond acceptors (Lipinski definition) is 3. The van der Waals surface area contributed by atoms with Gasteiger partial charge >= 0.3 is 0 Å².